The number of benzene rings is 1. The molecular weight excluding hydrogens is 308 g/mol. The zero-order valence-corrected chi connectivity index (χ0v) is 13.7. The van der Waals surface area contributed by atoms with Crippen LogP contribution in [-0.4, -0.2) is 36.3 Å². The lowest BCUT2D eigenvalue weighted by molar-refractivity contribution is -0.142. The minimum absolute atomic E-state index is 0.249. The number of hydrogen-bond donors (Lipinski definition) is 1. The molecule has 1 aromatic rings. The average Bonchev–Trinajstić information content (AvgIpc) is 2.80. The van der Waals surface area contributed by atoms with E-state index < -0.39 is 5.91 Å². The summed E-state index contributed by atoms with van der Waals surface area (Å²) in [4.78, 5) is 38.2. The molecular formula is C18H20N2O4. The van der Waals surface area contributed by atoms with Gasteiger partial charge in [-0.3, -0.25) is 19.3 Å². The summed E-state index contributed by atoms with van der Waals surface area (Å²) in [6.07, 6.45) is 4.99. The molecule has 2 aliphatic rings. The van der Waals surface area contributed by atoms with E-state index in [4.69, 9.17) is 4.74 Å². The summed E-state index contributed by atoms with van der Waals surface area (Å²) in [7, 11) is 1.52. The second kappa shape index (κ2) is 6.47. The molecule has 6 nitrogen and oxygen atoms in total. The number of fused-ring (bicyclic) bond motifs is 1. The maximum Gasteiger partial charge on any atom is 0.244 e. The van der Waals surface area contributed by atoms with Crippen molar-refractivity contribution in [3.63, 3.8) is 0 Å². The molecule has 0 aromatic heterocycles. The van der Waals surface area contributed by atoms with Crippen molar-refractivity contribution in [2.24, 2.45) is 11.8 Å². The number of aryl methyl sites for hydroxylation is 1. The molecule has 0 saturated carbocycles. The average molecular weight is 328 g/mol. The molecule has 0 spiro atoms. The van der Waals surface area contributed by atoms with Crippen LogP contribution in [0.3, 0.4) is 0 Å². The van der Waals surface area contributed by atoms with Crippen LogP contribution in [0.25, 0.3) is 0 Å². The van der Waals surface area contributed by atoms with Gasteiger partial charge in [-0.15, -0.1) is 0 Å². The predicted octanol–water partition coefficient (Wildman–Crippen LogP) is 1.89. The number of nitrogens with zero attached hydrogens (tertiary/aromatic N) is 1. The number of rotatable bonds is 4. The van der Waals surface area contributed by atoms with Gasteiger partial charge in [-0.05, 0) is 37.5 Å². The molecule has 2 atom stereocenters. The normalized spacial score (nSPS) is 22.5. The van der Waals surface area contributed by atoms with Gasteiger partial charge in [0.15, 0.2) is 0 Å². The number of carbonyl (C=O) groups excluding carboxylic acids is 3. The van der Waals surface area contributed by atoms with Crippen LogP contribution < -0.4 is 10.1 Å². The molecule has 1 aromatic carbocycles. The molecule has 0 unspecified atom stereocenters. The van der Waals surface area contributed by atoms with Crippen molar-refractivity contribution in [2.45, 2.75) is 19.8 Å². The Morgan fingerprint density at radius 1 is 1.21 bits per heavy atom. The van der Waals surface area contributed by atoms with E-state index >= 15 is 0 Å². The van der Waals surface area contributed by atoms with Crippen molar-refractivity contribution in [1.82, 2.24) is 4.90 Å². The topological polar surface area (TPSA) is 75.7 Å². The summed E-state index contributed by atoms with van der Waals surface area (Å²) >= 11 is 0. The van der Waals surface area contributed by atoms with Crippen LogP contribution in [0.5, 0.6) is 5.75 Å². The van der Waals surface area contributed by atoms with Crippen molar-refractivity contribution in [3.05, 3.63) is 35.9 Å². The molecule has 3 amide bonds. The maximum atomic E-state index is 12.4. The van der Waals surface area contributed by atoms with E-state index in [1.165, 1.54) is 7.11 Å². The third-order valence-corrected chi connectivity index (χ3v) is 4.53. The number of amides is 3. The van der Waals surface area contributed by atoms with Crippen molar-refractivity contribution in [1.29, 1.82) is 0 Å². The van der Waals surface area contributed by atoms with Crippen LogP contribution in [0.2, 0.25) is 0 Å². The minimum Gasteiger partial charge on any atom is -0.495 e. The second-order valence-corrected chi connectivity index (χ2v) is 6.17. The van der Waals surface area contributed by atoms with Gasteiger partial charge < -0.3 is 10.1 Å². The molecule has 1 aliphatic heterocycles. The molecule has 0 radical (unpaired) electrons. The molecule has 0 bridgehead atoms. The third kappa shape index (κ3) is 2.91. The van der Waals surface area contributed by atoms with E-state index in [1.807, 2.05) is 25.1 Å². The van der Waals surface area contributed by atoms with Gasteiger partial charge in [0.25, 0.3) is 0 Å². The van der Waals surface area contributed by atoms with E-state index in [9.17, 15) is 14.4 Å². The Bertz CT molecular complexity index is 700. The Hall–Kier alpha value is -2.63. The number of anilines is 1. The summed E-state index contributed by atoms with van der Waals surface area (Å²) in [6, 6.07) is 5.42. The van der Waals surface area contributed by atoms with Crippen LogP contribution in [0.4, 0.5) is 5.69 Å². The van der Waals surface area contributed by atoms with Gasteiger partial charge in [-0.1, -0.05) is 18.2 Å². The summed E-state index contributed by atoms with van der Waals surface area (Å²) in [5.41, 5.74) is 1.50. The van der Waals surface area contributed by atoms with Crippen molar-refractivity contribution in [3.8, 4) is 5.75 Å². The highest BCUT2D eigenvalue weighted by molar-refractivity contribution is 6.09. The zero-order chi connectivity index (χ0) is 17.3. The Morgan fingerprint density at radius 2 is 1.83 bits per heavy atom. The Balaban J connectivity index is 1.71. The van der Waals surface area contributed by atoms with Gasteiger partial charge in [0.1, 0.15) is 12.3 Å². The number of methoxy groups -OCH3 is 1. The van der Waals surface area contributed by atoms with Crippen molar-refractivity contribution in [2.75, 3.05) is 19.0 Å². The molecule has 1 aliphatic carbocycles. The number of allylic oxidation sites excluding steroid dienone is 2. The lowest BCUT2D eigenvalue weighted by Crippen LogP contribution is -2.38. The Kier molecular flexibility index (Phi) is 4.38. The number of hydrogen-bond acceptors (Lipinski definition) is 4. The first-order valence-electron chi connectivity index (χ1n) is 7.96. The smallest absolute Gasteiger partial charge is 0.244 e. The molecule has 1 saturated heterocycles. The van der Waals surface area contributed by atoms with E-state index in [0.29, 0.717) is 24.3 Å². The van der Waals surface area contributed by atoms with Crippen LogP contribution >= 0.6 is 0 Å². The van der Waals surface area contributed by atoms with Gasteiger partial charge in [-0.25, -0.2) is 0 Å². The monoisotopic (exact) mass is 328 g/mol. The maximum absolute atomic E-state index is 12.4. The summed E-state index contributed by atoms with van der Waals surface area (Å²) in [5.74, 6) is -1.01. The number of ether oxygens (including phenoxy) is 1. The molecule has 1 fully saturated rings. The largest absolute Gasteiger partial charge is 0.495 e. The standard InChI is InChI=1S/C18H20N2O4/c1-11-7-8-15(24-2)14(9-11)19-16(21)10-20-17(22)12-5-3-4-6-13(12)18(20)23/h3-4,7-9,12-13H,5-6,10H2,1-2H3,(H,19,21)/t12-,13+. The Morgan fingerprint density at radius 3 is 2.42 bits per heavy atom. The zero-order valence-electron chi connectivity index (χ0n) is 13.7. The number of imide groups is 1. The van der Waals surface area contributed by atoms with Gasteiger partial charge in [0, 0.05) is 0 Å². The first kappa shape index (κ1) is 16.2. The van der Waals surface area contributed by atoms with E-state index in [2.05, 4.69) is 5.32 Å². The first-order valence-corrected chi connectivity index (χ1v) is 7.96. The highest BCUT2D eigenvalue weighted by Gasteiger charge is 2.47. The van der Waals surface area contributed by atoms with Crippen LogP contribution in [0.1, 0.15) is 18.4 Å². The van der Waals surface area contributed by atoms with Crippen LogP contribution in [0.15, 0.2) is 30.4 Å². The van der Waals surface area contributed by atoms with Crippen LogP contribution in [-0.2, 0) is 14.4 Å². The lowest BCUT2D eigenvalue weighted by atomic mass is 9.85. The predicted molar refractivity (Wildman–Crippen MR) is 88.4 cm³/mol. The van der Waals surface area contributed by atoms with Gasteiger partial charge in [-0.2, -0.15) is 0 Å². The molecule has 126 valence electrons. The highest BCUT2D eigenvalue weighted by Crippen LogP contribution is 2.35. The van der Waals surface area contributed by atoms with E-state index in [1.54, 1.807) is 12.1 Å². The SMILES string of the molecule is COc1ccc(C)cc1NC(=O)CN1C(=O)[C@H]2CC=CC[C@H]2C1=O. The fraction of sp³-hybridized carbons (Fsp3) is 0.389. The van der Waals surface area contributed by atoms with Gasteiger partial charge in [0.05, 0.1) is 24.6 Å². The summed E-state index contributed by atoms with van der Waals surface area (Å²) in [6.45, 7) is 1.64. The minimum atomic E-state index is -0.410. The molecule has 24 heavy (non-hydrogen) atoms. The summed E-state index contributed by atoms with van der Waals surface area (Å²) in [5, 5.41) is 2.73. The van der Waals surface area contributed by atoms with E-state index in [0.717, 1.165) is 10.5 Å². The summed E-state index contributed by atoms with van der Waals surface area (Å²) < 4.78 is 5.22. The molecule has 6 heteroatoms. The van der Waals surface area contributed by atoms with Crippen molar-refractivity contribution >= 4 is 23.4 Å². The van der Waals surface area contributed by atoms with Gasteiger partial charge >= 0.3 is 0 Å². The van der Waals surface area contributed by atoms with Gasteiger partial charge in [0.2, 0.25) is 17.7 Å². The lowest BCUT2D eigenvalue weighted by Gasteiger charge is -2.16. The fourth-order valence-corrected chi connectivity index (χ4v) is 3.28. The fourth-order valence-electron chi connectivity index (χ4n) is 3.28. The first-order chi connectivity index (χ1) is 11.5. The molecule has 3 rings (SSSR count). The highest BCUT2D eigenvalue weighted by atomic mass is 16.5. The van der Waals surface area contributed by atoms with Crippen LogP contribution in [0, 0.1) is 18.8 Å². The number of likely N-dealkylation sites (tertiary alicyclic amines) is 1. The third-order valence-electron chi connectivity index (χ3n) is 4.53. The number of carbonyl (C=O) groups is 3. The molecule has 1 N–H and O–H groups in total. The van der Waals surface area contributed by atoms with Crippen molar-refractivity contribution < 1.29 is 19.1 Å². The number of nitrogens with one attached hydrogen (secondary N) is 1. The molecule has 1 heterocycles. The van der Waals surface area contributed by atoms with E-state index in [-0.39, 0.29) is 30.2 Å². The second-order valence-electron chi connectivity index (χ2n) is 6.17. The Labute approximate surface area is 140 Å². The quantitative estimate of drug-likeness (QED) is 0.676.